The molecule has 0 bridgehead atoms. The van der Waals surface area contributed by atoms with E-state index in [1.807, 2.05) is 11.6 Å². The Hall–Kier alpha value is -3.37. The average Bonchev–Trinajstić information content (AvgIpc) is 2.69. The summed E-state index contributed by atoms with van der Waals surface area (Å²) in [6, 6.07) is 15.5. The molecule has 8 nitrogen and oxygen atoms in total. The van der Waals surface area contributed by atoms with E-state index in [0.717, 1.165) is 11.1 Å². The molecule has 0 saturated carbocycles. The van der Waals surface area contributed by atoms with Crippen LogP contribution in [0, 0.1) is 20.8 Å². The lowest BCUT2D eigenvalue weighted by atomic mass is 10.2. The Balaban J connectivity index is 1.81. The van der Waals surface area contributed by atoms with Gasteiger partial charge in [-0.25, -0.2) is 17.9 Å². The molecule has 0 heterocycles. The zero-order valence-corrected chi connectivity index (χ0v) is 19.2. The lowest BCUT2D eigenvalue weighted by Gasteiger charge is -2.14. The number of hydrogen-bond donors (Lipinski definition) is 2. The summed E-state index contributed by atoms with van der Waals surface area (Å²) in [5.41, 5.74) is 2.26. The lowest BCUT2D eigenvalue weighted by molar-refractivity contribution is 0.256. The SMILES string of the molecule is Cc1ccc(S(=O)(=O)NC(=O)Nc2ccccc2OS(=O)(=O)c2ccc(C)cc2C)cc1. The summed E-state index contributed by atoms with van der Waals surface area (Å²) in [6.45, 7) is 5.29. The largest absolute Gasteiger partial charge is 0.377 e. The zero-order chi connectivity index (χ0) is 23.5. The van der Waals surface area contributed by atoms with Crippen LogP contribution < -0.4 is 14.2 Å². The Bertz CT molecular complexity index is 1370. The summed E-state index contributed by atoms with van der Waals surface area (Å²) < 4.78 is 57.5. The summed E-state index contributed by atoms with van der Waals surface area (Å²) in [6.07, 6.45) is 0. The minimum Gasteiger partial charge on any atom is -0.377 e. The normalized spacial score (nSPS) is 11.6. The van der Waals surface area contributed by atoms with Crippen molar-refractivity contribution in [2.45, 2.75) is 30.6 Å². The quantitative estimate of drug-likeness (QED) is 0.523. The molecule has 0 atom stereocenters. The van der Waals surface area contributed by atoms with Gasteiger partial charge in [-0.15, -0.1) is 0 Å². The summed E-state index contributed by atoms with van der Waals surface area (Å²) in [4.78, 5) is 12.2. The van der Waals surface area contributed by atoms with E-state index in [1.54, 1.807) is 44.2 Å². The van der Waals surface area contributed by atoms with Gasteiger partial charge < -0.3 is 9.50 Å². The number of amides is 2. The predicted molar refractivity (Wildman–Crippen MR) is 121 cm³/mol. The topological polar surface area (TPSA) is 119 Å². The predicted octanol–water partition coefficient (Wildman–Crippen LogP) is 3.89. The summed E-state index contributed by atoms with van der Waals surface area (Å²) in [5, 5.41) is 2.33. The van der Waals surface area contributed by atoms with Crippen molar-refractivity contribution in [3.05, 3.63) is 83.4 Å². The molecule has 0 radical (unpaired) electrons. The van der Waals surface area contributed by atoms with E-state index < -0.39 is 26.2 Å². The third kappa shape index (κ3) is 5.45. The molecule has 32 heavy (non-hydrogen) atoms. The van der Waals surface area contributed by atoms with Gasteiger partial charge in [-0.05, 0) is 56.7 Å². The van der Waals surface area contributed by atoms with Crippen molar-refractivity contribution < 1.29 is 25.8 Å². The molecule has 0 aliphatic heterocycles. The molecule has 3 aromatic carbocycles. The Morgan fingerprint density at radius 3 is 2.09 bits per heavy atom. The van der Waals surface area contributed by atoms with Crippen molar-refractivity contribution in [2.24, 2.45) is 0 Å². The fourth-order valence-corrected chi connectivity index (χ4v) is 5.00. The average molecular weight is 475 g/mol. The number of nitrogens with one attached hydrogen (secondary N) is 2. The van der Waals surface area contributed by atoms with E-state index in [0.29, 0.717) is 5.56 Å². The van der Waals surface area contributed by atoms with Gasteiger partial charge in [-0.2, -0.15) is 8.42 Å². The van der Waals surface area contributed by atoms with Gasteiger partial charge in [-0.3, -0.25) is 0 Å². The first-order valence-electron chi connectivity index (χ1n) is 9.49. The first-order valence-corrected chi connectivity index (χ1v) is 12.4. The molecule has 0 spiro atoms. The van der Waals surface area contributed by atoms with Gasteiger partial charge in [0.1, 0.15) is 4.90 Å². The molecule has 3 aromatic rings. The Labute approximate surface area is 187 Å². The van der Waals surface area contributed by atoms with Crippen LogP contribution in [0.5, 0.6) is 5.75 Å². The van der Waals surface area contributed by atoms with E-state index >= 15 is 0 Å². The number of sulfonamides is 1. The number of hydrogen-bond acceptors (Lipinski definition) is 6. The van der Waals surface area contributed by atoms with Gasteiger partial charge in [0.2, 0.25) is 0 Å². The molecular weight excluding hydrogens is 452 g/mol. The molecule has 168 valence electrons. The number of benzene rings is 3. The van der Waals surface area contributed by atoms with Crippen LogP contribution in [0.4, 0.5) is 10.5 Å². The maximum Gasteiger partial charge on any atom is 0.339 e. The van der Waals surface area contributed by atoms with Crippen molar-refractivity contribution in [1.82, 2.24) is 4.72 Å². The summed E-state index contributed by atoms with van der Waals surface area (Å²) >= 11 is 0. The number of carbonyl (C=O) groups excluding carboxylic acids is 1. The molecule has 0 aliphatic carbocycles. The molecule has 0 aromatic heterocycles. The monoisotopic (exact) mass is 474 g/mol. The molecule has 3 rings (SSSR count). The second kappa shape index (κ2) is 9.01. The van der Waals surface area contributed by atoms with E-state index in [4.69, 9.17) is 4.18 Å². The lowest BCUT2D eigenvalue weighted by Crippen LogP contribution is -2.34. The number of anilines is 1. The highest BCUT2D eigenvalue weighted by Gasteiger charge is 2.22. The molecule has 0 saturated heterocycles. The minimum atomic E-state index is -4.19. The van der Waals surface area contributed by atoms with Crippen molar-refractivity contribution in [3.63, 3.8) is 0 Å². The van der Waals surface area contributed by atoms with Crippen LogP contribution >= 0.6 is 0 Å². The van der Waals surface area contributed by atoms with Gasteiger partial charge in [-0.1, -0.05) is 47.5 Å². The van der Waals surface area contributed by atoms with Crippen LogP contribution in [0.25, 0.3) is 0 Å². The number of rotatable bonds is 6. The second-order valence-corrected chi connectivity index (χ2v) is 10.4. The fourth-order valence-electron chi connectivity index (χ4n) is 2.93. The molecule has 2 N–H and O–H groups in total. The summed E-state index contributed by atoms with van der Waals surface area (Å²) in [5.74, 6) is -0.157. The first kappa shape index (κ1) is 23.3. The third-order valence-electron chi connectivity index (χ3n) is 4.49. The van der Waals surface area contributed by atoms with E-state index in [9.17, 15) is 21.6 Å². The summed E-state index contributed by atoms with van der Waals surface area (Å²) in [7, 11) is -8.31. The highest BCUT2D eigenvalue weighted by molar-refractivity contribution is 7.90. The van der Waals surface area contributed by atoms with Crippen molar-refractivity contribution in [1.29, 1.82) is 0 Å². The van der Waals surface area contributed by atoms with Gasteiger partial charge in [0, 0.05) is 0 Å². The molecule has 0 fully saturated rings. The maximum absolute atomic E-state index is 12.8. The van der Waals surface area contributed by atoms with Crippen molar-refractivity contribution in [2.75, 3.05) is 5.32 Å². The van der Waals surface area contributed by atoms with Crippen LogP contribution in [-0.4, -0.2) is 22.9 Å². The van der Waals surface area contributed by atoms with Crippen LogP contribution in [0.3, 0.4) is 0 Å². The maximum atomic E-state index is 12.8. The Morgan fingerprint density at radius 1 is 0.812 bits per heavy atom. The van der Waals surface area contributed by atoms with E-state index in [2.05, 4.69) is 5.32 Å². The molecular formula is C22H22N2O6S2. The molecule has 10 heteroatoms. The van der Waals surface area contributed by atoms with Crippen LogP contribution in [0.1, 0.15) is 16.7 Å². The minimum absolute atomic E-state index is 0.00990. The number of urea groups is 1. The van der Waals surface area contributed by atoms with Crippen molar-refractivity contribution in [3.8, 4) is 5.75 Å². The Morgan fingerprint density at radius 2 is 1.44 bits per heavy atom. The third-order valence-corrected chi connectivity index (χ3v) is 7.24. The smallest absolute Gasteiger partial charge is 0.339 e. The van der Waals surface area contributed by atoms with Crippen LogP contribution in [0.15, 0.2) is 76.5 Å². The Kier molecular flexibility index (Phi) is 6.56. The first-order chi connectivity index (χ1) is 15.0. The van der Waals surface area contributed by atoms with Gasteiger partial charge >= 0.3 is 16.1 Å². The highest BCUT2D eigenvalue weighted by atomic mass is 32.2. The number of para-hydroxylation sites is 2. The second-order valence-electron chi connectivity index (χ2n) is 7.18. The van der Waals surface area contributed by atoms with Crippen LogP contribution in [0.2, 0.25) is 0 Å². The molecule has 0 aliphatic rings. The van der Waals surface area contributed by atoms with Gasteiger partial charge in [0.15, 0.2) is 5.75 Å². The molecule has 0 unspecified atom stereocenters. The highest BCUT2D eigenvalue weighted by Crippen LogP contribution is 2.28. The van der Waals surface area contributed by atoms with E-state index in [1.165, 1.54) is 36.4 Å². The zero-order valence-electron chi connectivity index (χ0n) is 17.6. The van der Waals surface area contributed by atoms with Crippen LogP contribution in [-0.2, 0) is 20.1 Å². The fraction of sp³-hybridized carbons (Fsp3) is 0.136. The number of carbonyl (C=O) groups is 1. The van der Waals surface area contributed by atoms with E-state index in [-0.39, 0.29) is 21.2 Å². The standard InChI is InChI=1S/C22H22N2O6S2/c1-15-8-11-18(12-9-15)31(26,27)24-22(25)23-19-6-4-5-7-20(19)30-32(28,29)21-13-10-16(2)14-17(21)3/h4-14H,1-3H3,(H2,23,24,25). The molecule has 2 amide bonds. The van der Waals surface area contributed by atoms with Crippen molar-refractivity contribution >= 4 is 31.9 Å². The van der Waals surface area contributed by atoms with Gasteiger partial charge in [0.25, 0.3) is 10.0 Å². The number of aryl methyl sites for hydroxylation is 3. The van der Waals surface area contributed by atoms with Gasteiger partial charge in [0.05, 0.1) is 10.6 Å².